The molecule has 4 N–H and O–H groups in total. The molecule has 0 heterocycles. The van der Waals surface area contributed by atoms with E-state index in [1.54, 1.807) is 18.2 Å². The van der Waals surface area contributed by atoms with Gasteiger partial charge < -0.3 is 15.9 Å². The molecular weight excluding hydrogens is 404 g/mol. The number of carboxylic acid groups (broad SMARTS) is 2. The van der Waals surface area contributed by atoms with Crippen molar-refractivity contribution in [2.24, 2.45) is 0 Å². The first-order valence-electron chi connectivity index (χ1n) is 8.92. The van der Waals surface area contributed by atoms with Crippen molar-refractivity contribution >= 4 is 29.1 Å². The summed E-state index contributed by atoms with van der Waals surface area (Å²) in [5.74, 6) is -3.61. The van der Waals surface area contributed by atoms with E-state index in [0.29, 0.717) is 0 Å². The minimum Gasteiger partial charge on any atom is -0.478 e. The maximum atomic E-state index is 13.1. The smallest absolute Gasteiger partial charge is 0.338 e. The number of carbonyl (C=O) groups excluding carboxylic acids is 1. The molecule has 0 saturated heterocycles. The van der Waals surface area contributed by atoms with Crippen LogP contribution in [-0.4, -0.2) is 32.9 Å². The second-order valence-electron chi connectivity index (χ2n) is 6.65. The molecule has 3 aromatic carbocycles. The van der Waals surface area contributed by atoms with Crippen LogP contribution in [0.5, 0.6) is 0 Å². The first-order chi connectivity index (χ1) is 14.6. The zero-order valence-corrected chi connectivity index (χ0v) is 16.2. The monoisotopic (exact) mass is 420 g/mol. The molecule has 0 bridgehead atoms. The van der Waals surface area contributed by atoms with E-state index in [-0.39, 0.29) is 39.2 Å². The number of rotatable bonds is 6. The number of anilines is 1. The normalized spacial score (nSPS) is 10.5. The minimum absolute atomic E-state index is 0.00259. The molecule has 0 unspecified atom stereocenters. The number of nitrogen functional groups attached to an aromatic ring is 1. The Morgan fingerprint density at radius 1 is 0.871 bits per heavy atom. The summed E-state index contributed by atoms with van der Waals surface area (Å²) < 4.78 is 0. The Labute approximate surface area is 175 Å². The number of non-ortho nitro benzene ring substituents is 1. The maximum absolute atomic E-state index is 13.1. The number of carbonyl (C=O) groups is 3. The third kappa shape index (κ3) is 3.71. The van der Waals surface area contributed by atoms with Crippen LogP contribution in [0.2, 0.25) is 0 Å². The fourth-order valence-electron chi connectivity index (χ4n) is 3.45. The second kappa shape index (κ2) is 8.07. The molecule has 0 spiro atoms. The number of nitrogens with two attached hydrogens (primary N) is 1. The summed E-state index contributed by atoms with van der Waals surface area (Å²) in [6.45, 7) is 1.37. The van der Waals surface area contributed by atoms with Crippen molar-refractivity contribution in [3.8, 4) is 11.1 Å². The highest BCUT2D eigenvalue weighted by atomic mass is 16.6. The van der Waals surface area contributed by atoms with Crippen molar-refractivity contribution in [3.63, 3.8) is 0 Å². The number of benzene rings is 3. The van der Waals surface area contributed by atoms with Gasteiger partial charge in [-0.2, -0.15) is 0 Å². The van der Waals surface area contributed by atoms with Crippen LogP contribution in [-0.2, 0) is 0 Å². The topological polar surface area (TPSA) is 161 Å². The maximum Gasteiger partial charge on any atom is 0.338 e. The van der Waals surface area contributed by atoms with Crippen molar-refractivity contribution in [3.05, 3.63) is 92.5 Å². The Bertz CT molecular complexity index is 1190. The lowest BCUT2D eigenvalue weighted by molar-refractivity contribution is -0.384. The van der Waals surface area contributed by atoms with Crippen molar-refractivity contribution in [1.82, 2.24) is 0 Å². The van der Waals surface area contributed by atoms with Crippen molar-refractivity contribution in [2.75, 3.05) is 5.73 Å². The quantitative estimate of drug-likeness (QED) is 0.235. The molecule has 156 valence electrons. The van der Waals surface area contributed by atoms with E-state index in [1.165, 1.54) is 31.2 Å². The summed E-state index contributed by atoms with van der Waals surface area (Å²) in [5.41, 5.74) is 4.38. The van der Waals surface area contributed by atoms with Gasteiger partial charge in [0, 0.05) is 23.3 Å². The molecule has 3 aromatic rings. The highest BCUT2D eigenvalue weighted by molar-refractivity contribution is 6.20. The Morgan fingerprint density at radius 3 is 1.90 bits per heavy atom. The summed E-state index contributed by atoms with van der Waals surface area (Å²) in [7, 11) is 0. The molecule has 0 atom stereocenters. The second-order valence-corrected chi connectivity index (χ2v) is 6.65. The summed E-state index contributed by atoms with van der Waals surface area (Å²) in [4.78, 5) is 47.6. The van der Waals surface area contributed by atoms with E-state index >= 15 is 0 Å². The Hall–Kier alpha value is -4.53. The van der Waals surface area contributed by atoms with Gasteiger partial charge in [0.05, 0.1) is 27.3 Å². The van der Waals surface area contributed by atoms with Gasteiger partial charge in [0.15, 0.2) is 5.78 Å². The lowest BCUT2D eigenvalue weighted by Gasteiger charge is -2.19. The molecule has 31 heavy (non-hydrogen) atoms. The summed E-state index contributed by atoms with van der Waals surface area (Å²) in [6.07, 6.45) is 0. The van der Waals surface area contributed by atoms with Gasteiger partial charge in [-0.05, 0) is 30.2 Å². The average molecular weight is 420 g/mol. The van der Waals surface area contributed by atoms with E-state index in [0.717, 1.165) is 12.1 Å². The molecule has 0 saturated carbocycles. The van der Waals surface area contributed by atoms with Crippen LogP contribution in [0.25, 0.3) is 11.1 Å². The van der Waals surface area contributed by atoms with Crippen molar-refractivity contribution in [2.45, 2.75) is 6.92 Å². The lowest BCUT2D eigenvalue weighted by atomic mass is 9.84. The SMILES string of the molecule is Cc1c(C(=O)c2ccccc2)c(N)c(C(=O)O)c(-c2ccc([N+](=O)[O-])cc2)c1C(=O)O. The first kappa shape index (κ1) is 21.2. The number of nitro benzene ring substituents is 1. The van der Waals surface area contributed by atoms with E-state index in [9.17, 15) is 34.7 Å². The molecule has 3 rings (SSSR count). The number of hydrogen-bond donors (Lipinski definition) is 3. The Balaban J connectivity index is 2.39. The summed E-state index contributed by atoms with van der Waals surface area (Å²) in [6, 6.07) is 12.7. The van der Waals surface area contributed by atoms with Crippen LogP contribution < -0.4 is 5.73 Å². The van der Waals surface area contributed by atoms with Crippen LogP contribution in [0.15, 0.2) is 54.6 Å². The van der Waals surface area contributed by atoms with Crippen LogP contribution >= 0.6 is 0 Å². The van der Waals surface area contributed by atoms with Crippen LogP contribution in [0.3, 0.4) is 0 Å². The fourth-order valence-corrected chi connectivity index (χ4v) is 3.45. The van der Waals surface area contributed by atoms with Gasteiger partial charge in [-0.15, -0.1) is 0 Å². The van der Waals surface area contributed by atoms with Gasteiger partial charge in [0.25, 0.3) is 5.69 Å². The minimum atomic E-state index is -1.53. The molecular formula is C22H16N2O7. The highest BCUT2D eigenvalue weighted by Crippen LogP contribution is 2.38. The number of aromatic carboxylic acids is 2. The molecule has 0 amide bonds. The van der Waals surface area contributed by atoms with Gasteiger partial charge in [-0.3, -0.25) is 14.9 Å². The average Bonchev–Trinajstić information content (AvgIpc) is 2.73. The lowest BCUT2D eigenvalue weighted by Crippen LogP contribution is -2.18. The number of ketones is 1. The van der Waals surface area contributed by atoms with E-state index in [4.69, 9.17) is 5.73 Å². The third-order valence-electron chi connectivity index (χ3n) is 4.85. The molecule has 0 radical (unpaired) electrons. The van der Waals surface area contributed by atoms with Crippen molar-refractivity contribution in [1.29, 1.82) is 0 Å². The Kier molecular flexibility index (Phi) is 5.52. The molecule has 9 nitrogen and oxygen atoms in total. The largest absolute Gasteiger partial charge is 0.478 e. The fraction of sp³-hybridized carbons (Fsp3) is 0.0455. The first-order valence-corrected chi connectivity index (χ1v) is 8.92. The van der Waals surface area contributed by atoms with E-state index in [1.807, 2.05) is 0 Å². The number of nitrogens with zero attached hydrogens (tertiary/aromatic N) is 1. The molecule has 0 fully saturated rings. The van der Waals surface area contributed by atoms with E-state index in [2.05, 4.69) is 0 Å². The van der Waals surface area contributed by atoms with Crippen molar-refractivity contribution < 1.29 is 29.5 Å². The number of carboxylic acids is 2. The third-order valence-corrected chi connectivity index (χ3v) is 4.85. The van der Waals surface area contributed by atoms with E-state index < -0.39 is 33.8 Å². The van der Waals surface area contributed by atoms with Crippen LogP contribution in [0.1, 0.15) is 42.2 Å². The number of nitro groups is 1. The highest BCUT2D eigenvalue weighted by Gasteiger charge is 2.31. The summed E-state index contributed by atoms with van der Waals surface area (Å²) in [5, 5.41) is 30.6. The number of hydrogen-bond acceptors (Lipinski definition) is 6. The molecule has 0 aromatic heterocycles. The van der Waals surface area contributed by atoms with Gasteiger partial charge in [-0.1, -0.05) is 30.3 Å². The van der Waals surface area contributed by atoms with Gasteiger partial charge >= 0.3 is 11.9 Å². The van der Waals surface area contributed by atoms with Gasteiger partial charge in [0.2, 0.25) is 0 Å². The zero-order valence-electron chi connectivity index (χ0n) is 16.2. The van der Waals surface area contributed by atoms with Crippen LogP contribution in [0, 0.1) is 17.0 Å². The Morgan fingerprint density at radius 2 is 1.42 bits per heavy atom. The molecule has 9 heteroatoms. The van der Waals surface area contributed by atoms with Crippen LogP contribution in [0.4, 0.5) is 11.4 Å². The van der Waals surface area contributed by atoms with Gasteiger partial charge in [0.1, 0.15) is 0 Å². The molecule has 0 aliphatic rings. The predicted molar refractivity (Wildman–Crippen MR) is 111 cm³/mol. The predicted octanol–water partition coefficient (Wildman–Crippen LogP) is 3.78. The molecule has 0 aliphatic heterocycles. The zero-order chi connectivity index (χ0) is 22.9. The summed E-state index contributed by atoms with van der Waals surface area (Å²) >= 11 is 0. The molecule has 0 aliphatic carbocycles. The standard InChI is InChI=1S/C22H16N2O7/c1-11-15(21(26)27)17(12-7-9-14(10-8-12)24(30)31)18(22(28)29)19(23)16(11)20(25)13-5-3-2-4-6-13/h2-10H,23H2,1H3,(H,26,27)(H,28,29). The van der Waals surface area contributed by atoms with Gasteiger partial charge in [-0.25, -0.2) is 9.59 Å².